The molecule has 0 aromatic carbocycles. The van der Waals surface area contributed by atoms with E-state index in [0.29, 0.717) is 37.1 Å². The summed E-state index contributed by atoms with van der Waals surface area (Å²) >= 11 is 0. The number of nitrogens with one attached hydrogen (secondary N) is 1. The molecule has 22 heavy (non-hydrogen) atoms. The van der Waals surface area contributed by atoms with Gasteiger partial charge in [0, 0.05) is 19.5 Å². The number of morpholine rings is 1. The number of aromatic amines is 1. The Morgan fingerprint density at radius 2 is 2.23 bits per heavy atom. The van der Waals surface area contributed by atoms with E-state index in [2.05, 4.69) is 15.0 Å². The summed E-state index contributed by atoms with van der Waals surface area (Å²) in [6, 6.07) is 1.39. The number of hydrogen-bond acceptors (Lipinski definition) is 6. The summed E-state index contributed by atoms with van der Waals surface area (Å²) in [5.41, 5.74) is 0.560. The molecule has 0 bridgehead atoms. The van der Waals surface area contributed by atoms with Crippen molar-refractivity contribution in [3.8, 4) is 0 Å². The van der Waals surface area contributed by atoms with E-state index in [-0.39, 0.29) is 17.2 Å². The van der Waals surface area contributed by atoms with Gasteiger partial charge >= 0.3 is 0 Å². The zero-order valence-electron chi connectivity index (χ0n) is 12.3. The van der Waals surface area contributed by atoms with Crippen LogP contribution in [0.1, 0.15) is 34.0 Å². The topological polar surface area (TPSA) is 101 Å². The minimum atomic E-state index is -0.424. The zero-order chi connectivity index (χ0) is 15.7. The summed E-state index contributed by atoms with van der Waals surface area (Å²) in [6.07, 6.45) is 0.921. The maximum absolute atomic E-state index is 12.4. The number of hydrogen-bond donors (Lipinski definition) is 1. The average molecular weight is 304 g/mol. The predicted octanol–water partition coefficient (Wildman–Crippen LogP) is 0.588. The molecule has 1 fully saturated rings. The molecule has 1 aliphatic heterocycles. The third-order valence-electron chi connectivity index (χ3n) is 3.40. The van der Waals surface area contributed by atoms with Crippen LogP contribution in [-0.4, -0.2) is 45.5 Å². The lowest BCUT2D eigenvalue weighted by atomic mass is 10.2. The van der Waals surface area contributed by atoms with E-state index in [4.69, 9.17) is 9.15 Å². The number of oxazole rings is 1. The molecule has 0 saturated carbocycles. The van der Waals surface area contributed by atoms with E-state index in [1.54, 1.807) is 18.7 Å². The van der Waals surface area contributed by atoms with Crippen LogP contribution in [0.4, 0.5) is 0 Å². The van der Waals surface area contributed by atoms with Crippen LogP contribution in [0.3, 0.4) is 0 Å². The predicted molar refractivity (Wildman–Crippen MR) is 75.4 cm³/mol. The van der Waals surface area contributed by atoms with Gasteiger partial charge in [-0.3, -0.25) is 9.59 Å². The maximum atomic E-state index is 12.4. The molecule has 2 aromatic heterocycles. The highest BCUT2D eigenvalue weighted by atomic mass is 16.5. The molecule has 1 N–H and O–H groups in total. The summed E-state index contributed by atoms with van der Waals surface area (Å²) < 4.78 is 10.7. The van der Waals surface area contributed by atoms with Crippen LogP contribution in [0.25, 0.3) is 0 Å². The monoisotopic (exact) mass is 304 g/mol. The van der Waals surface area contributed by atoms with Crippen molar-refractivity contribution < 1.29 is 13.9 Å². The first-order chi connectivity index (χ1) is 10.5. The fourth-order valence-electron chi connectivity index (χ4n) is 2.40. The Labute approximate surface area is 126 Å². The van der Waals surface area contributed by atoms with Crippen molar-refractivity contribution in [1.82, 2.24) is 19.9 Å². The first-order valence-electron chi connectivity index (χ1n) is 6.94. The molecule has 0 unspecified atom stereocenters. The third kappa shape index (κ3) is 2.91. The second-order valence-electron chi connectivity index (χ2n) is 5.12. The molecule has 3 rings (SSSR count). The van der Waals surface area contributed by atoms with Crippen molar-refractivity contribution in [2.45, 2.75) is 20.0 Å². The highest BCUT2D eigenvalue weighted by Gasteiger charge is 2.28. The van der Waals surface area contributed by atoms with Crippen LogP contribution in [0.15, 0.2) is 21.5 Å². The number of aryl methyl sites for hydroxylation is 2. The molecule has 0 radical (unpaired) electrons. The van der Waals surface area contributed by atoms with Crippen molar-refractivity contribution in [2.75, 3.05) is 19.7 Å². The average Bonchev–Trinajstić information content (AvgIpc) is 2.92. The van der Waals surface area contributed by atoms with Crippen molar-refractivity contribution in [3.63, 3.8) is 0 Å². The van der Waals surface area contributed by atoms with Crippen LogP contribution in [0, 0.1) is 13.8 Å². The summed E-state index contributed by atoms with van der Waals surface area (Å²) in [5, 5.41) is 0. The molecule has 1 saturated heterocycles. The number of carbonyl (C=O) groups excluding carboxylic acids is 1. The van der Waals surface area contributed by atoms with E-state index >= 15 is 0 Å². The zero-order valence-corrected chi connectivity index (χ0v) is 12.3. The second-order valence-corrected chi connectivity index (χ2v) is 5.12. The van der Waals surface area contributed by atoms with Crippen LogP contribution < -0.4 is 5.56 Å². The van der Waals surface area contributed by atoms with Crippen LogP contribution in [0.5, 0.6) is 0 Å². The lowest BCUT2D eigenvalue weighted by Gasteiger charge is -2.32. The van der Waals surface area contributed by atoms with E-state index in [1.807, 2.05) is 0 Å². The van der Waals surface area contributed by atoms with Gasteiger partial charge in [-0.1, -0.05) is 0 Å². The molecule has 0 aliphatic carbocycles. The Kier molecular flexibility index (Phi) is 3.76. The second kappa shape index (κ2) is 5.72. The van der Waals surface area contributed by atoms with Gasteiger partial charge in [0.1, 0.15) is 18.2 Å². The molecule has 1 amide bonds. The SMILES string of the molecule is Cc1nc([C@H]2CN(C(=O)c3coc(C)n3)CCO2)cc(=O)[nH]1. The van der Waals surface area contributed by atoms with Crippen molar-refractivity contribution >= 4 is 5.91 Å². The molecule has 8 nitrogen and oxygen atoms in total. The van der Waals surface area contributed by atoms with Gasteiger partial charge in [0.2, 0.25) is 0 Å². The van der Waals surface area contributed by atoms with E-state index in [9.17, 15) is 9.59 Å². The van der Waals surface area contributed by atoms with E-state index in [1.165, 1.54) is 12.3 Å². The number of nitrogens with zero attached hydrogens (tertiary/aromatic N) is 3. The van der Waals surface area contributed by atoms with Crippen molar-refractivity contribution in [2.24, 2.45) is 0 Å². The lowest BCUT2D eigenvalue weighted by molar-refractivity contribution is -0.0250. The Hall–Kier alpha value is -2.48. The molecule has 3 heterocycles. The number of rotatable bonds is 2. The minimum Gasteiger partial charge on any atom is -0.448 e. The molecule has 8 heteroatoms. The van der Waals surface area contributed by atoms with Gasteiger partial charge in [0.05, 0.1) is 18.8 Å². The minimum absolute atomic E-state index is 0.216. The van der Waals surface area contributed by atoms with Crippen LogP contribution in [-0.2, 0) is 4.74 Å². The highest BCUT2D eigenvalue weighted by molar-refractivity contribution is 5.92. The molecule has 116 valence electrons. The van der Waals surface area contributed by atoms with Gasteiger partial charge in [0.25, 0.3) is 11.5 Å². The van der Waals surface area contributed by atoms with Gasteiger partial charge < -0.3 is 19.0 Å². The van der Waals surface area contributed by atoms with Gasteiger partial charge in [-0.25, -0.2) is 9.97 Å². The smallest absolute Gasteiger partial charge is 0.275 e. The Morgan fingerprint density at radius 3 is 2.91 bits per heavy atom. The Bertz CT molecular complexity index is 751. The molecular formula is C14H16N4O4. The summed E-state index contributed by atoms with van der Waals surface area (Å²) in [7, 11) is 0. The Morgan fingerprint density at radius 1 is 1.41 bits per heavy atom. The number of aromatic nitrogens is 3. The number of H-pyrrole nitrogens is 1. The molecule has 0 spiro atoms. The van der Waals surface area contributed by atoms with Gasteiger partial charge in [0.15, 0.2) is 11.6 Å². The van der Waals surface area contributed by atoms with E-state index in [0.717, 1.165) is 0 Å². The Balaban J connectivity index is 1.79. The first kappa shape index (κ1) is 14.5. The lowest BCUT2D eigenvalue weighted by Crippen LogP contribution is -2.42. The summed E-state index contributed by atoms with van der Waals surface area (Å²) in [5.74, 6) is 0.744. The maximum Gasteiger partial charge on any atom is 0.275 e. The van der Waals surface area contributed by atoms with E-state index < -0.39 is 6.10 Å². The summed E-state index contributed by atoms with van der Waals surface area (Å²) in [6.45, 7) is 4.54. The number of carbonyl (C=O) groups is 1. The van der Waals surface area contributed by atoms with Crippen molar-refractivity contribution in [3.05, 3.63) is 45.8 Å². The van der Waals surface area contributed by atoms with Gasteiger partial charge in [-0.15, -0.1) is 0 Å². The standard InChI is InChI=1S/C14H16N4O4/c1-8-15-10(5-13(19)16-8)12-6-18(3-4-21-12)14(20)11-7-22-9(2)17-11/h5,7,12H,3-4,6H2,1-2H3,(H,15,16,19)/t12-/m1/s1. The van der Waals surface area contributed by atoms with Gasteiger partial charge in [-0.05, 0) is 6.92 Å². The number of amides is 1. The van der Waals surface area contributed by atoms with Crippen LogP contribution in [0.2, 0.25) is 0 Å². The van der Waals surface area contributed by atoms with Gasteiger partial charge in [-0.2, -0.15) is 0 Å². The first-order valence-corrected chi connectivity index (χ1v) is 6.94. The third-order valence-corrected chi connectivity index (χ3v) is 3.40. The quantitative estimate of drug-likeness (QED) is 0.871. The number of ether oxygens (including phenoxy) is 1. The molecule has 1 aliphatic rings. The highest BCUT2D eigenvalue weighted by Crippen LogP contribution is 2.21. The molecular weight excluding hydrogens is 288 g/mol. The molecule has 2 aromatic rings. The molecule has 1 atom stereocenters. The largest absolute Gasteiger partial charge is 0.448 e. The van der Waals surface area contributed by atoms with Crippen LogP contribution >= 0.6 is 0 Å². The normalized spacial score (nSPS) is 18.5. The summed E-state index contributed by atoms with van der Waals surface area (Å²) in [4.78, 5) is 36.5. The van der Waals surface area contributed by atoms with Crippen molar-refractivity contribution in [1.29, 1.82) is 0 Å². The fourth-order valence-corrected chi connectivity index (χ4v) is 2.40. The fraction of sp³-hybridized carbons (Fsp3) is 0.429.